The summed E-state index contributed by atoms with van der Waals surface area (Å²) in [6.07, 6.45) is -3.30. The highest BCUT2D eigenvalue weighted by molar-refractivity contribution is 7.91. The zero-order chi connectivity index (χ0) is 21.9. The molecule has 0 spiro atoms. The van der Waals surface area contributed by atoms with Crippen LogP contribution in [0.5, 0.6) is 0 Å². The first-order valence-corrected chi connectivity index (χ1v) is 11.8. The second kappa shape index (κ2) is 9.07. The molecule has 0 bridgehead atoms. The van der Waals surface area contributed by atoms with E-state index in [1.54, 1.807) is 12.1 Å². The number of aryl methyl sites for hydroxylation is 1. The SMILES string of the molecule is Cc1ccc(S(=O)(=O)N2CCCC(C(=O)NCCc3ccccc3C(F)(F)F)C2)s1. The van der Waals surface area contributed by atoms with Crippen molar-refractivity contribution in [2.75, 3.05) is 19.6 Å². The Morgan fingerprint density at radius 2 is 1.97 bits per heavy atom. The van der Waals surface area contributed by atoms with Crippen molar-refractivity contribution in [2.24, 2.45) is 5.92 Å². The first-order chi connectivity index (χ1) is 14.1. The lowest BCUT2D eigenvalue weighted by atomic mass is 9.98. The van der Waals surface area contributed by atoms with Gasteiger partial charge in [0.1, 0.15) is 4.21 Å². The Hall–Kier alpha value is -1.91. The molecule has 10 heteroatoms. The second-order valence-corrected chi connectivity index (χ2v) is 10.7. The zero-order valence-corrected chi connectivity index (χ0v) is 18.0. The van der Waals surface area contributed by atoms with Gasteiger partial charge in [-0.15, -0.1) is 11.3 Å². The highest BCUT2D eigenvalue weighted by Gasteiger charge is 2.35. The molecule has 30 heavy (non-hydrogen) atoms. The van der Waals surface area contributed by atoms with E-state index in [1.165, 1.54) is 33.8 Å². The van der Waals surface area contributed by atoms with Crippen LogP contribution in [0.1, 0.15) is 28.8 Å². The molecule has 0 radical (unpaired) electrons. The smallest absolute Gasteiger partial charge is 0.355 e. The molecule has 2 aromatic rings. The Kier molecular flexibility index (Phi) is 6.88. The first kappa shape index (κ1) is 22.8. The third-order valence-corrected chi connectivity index (χ3v) is 8.41. The molecule has 1 N–H and O–H groups in total. The molecule has 1 amide bonds. The molecule has 5 nitrogen and oxygen atoms in total. The number of alkyl halides is 3. The van der Waals surface area contributed by atoms with E-state index in [2.05, 4.69) is 5.32 Å². The van der Waals surface area contributed by atoms with Crippen LogP contribution in [0.3, 0.4) is 0 Å². The van der Waals surface area contributed by atoms with Crippen molar-refractivity contribution in [3.8, 4) is 0 Å². The number of carbonyl (C=O) groups is 1. The van der Waals surface area contributed by atoms with E-state index >= 15 is 0 Å². The Morgan fingerprint density at radius 1 is 1.23 bits per heavy atom. The number of carbonyl (C=O) groups excluding carboxylic acids is 1. The van der Waals surface area contributed by atoms with Gasteiger partial charge in [0.15, 0.2) is 0 Å². The van der Waals surface area contributed by atoms with Gasteiger partial charge in [-0.05, 0) is 49.9 Å². The topological polar surface area (TPSA) is 66.5 Å². The molecule has 1 aromatic heterocycles. The van der Waals surface area contributed by atoms with Gasteiger partial charge in [0, 0.05) is 24.5 Å². The minimum absolute atomic E-state index is 0.0463. The van der Waals surface area contributed by atoms with Crippen LogP contribution in [0, 0.1) is 12.8 Å². The number of nitrogens with zero attached hydrogens (tertiary/aromatic N) is 1. The zero-order valence-electron chi connectivity index (χ0n) is 16.4. The normalized spacial score (nSPS) is 18.3. The van der Waals surface area contributed by atoms with Crippen molar-refractivity contribution in [3.05, 3.63) is 52.4 Å². The Balaban J connectivity index is 1.59. The van der Waals surface area contributed by atoms with E-state index in [0.717, 1.165) is 10.9 Å². The lowest BCUT2D eigenvalue weighted by Gasteiger charge is -2.30. The molecule has 1 aromatic carbocycles. The second-order valence-electron chi connectivity index (χ2n) is 7.26. The summed E-state index contributed by atoms with van der Waals surface area (Å²) in [4.78, 5) is 13.4. The van der Waals surface area contributed by atoms with Gasteiger partial charge in [-0.1, -0.05) is 18.2 Å². The molecule has 0 aliphatic carbocycles. The van der Waals surface area contributed by atoms with Crippen LogP contribution < -0.4 is 5.32 Å². The molecular formula is C20H23F3N2O3S2. The maximum Gasteiger partial charge on any atom is 0.416 e. The van der Waals surface area contributed by atoms with Crippen LogP contribution in [-0.4, -0.2) is 38.3 Å². The van der Waals surface area contributed by atoms with Crippen molar-refractivity contribution in [1.82, 2.24) is 9.62 Å². The summed E-state index contributed by atoms with van der Waals surface area (Å²) in [6.45, 7) is 2.30. The summed E-state index contributed by atoms with van der Waals surface area (Å²) in [5, 5.41) is 2.67. The summed E-state index contributed by atoms with van der Waals surface area (Å²) in [5.41, 5.74) is -0.591. The first-order valence-electron chi connectivity index (χ1n) is 9.58. The number of halogens is 3. The average Bonchev–Trinajstić information content (AvgIpc) is 3.15. The van der Waals surface area contributed by atoms with E-state index in [4.69, 9.17) is 0 Å². The molecule has 3 rings (SSSR count). The van der Waals surface area contributed by atoms with Gasteiger partial charge >= 0.3 is 6.18 Å². The number of nitrogens with one attached hydrogen (secondary N) is 1. The summed E-state index contributed by atoms with van der Waals surface area (Å²) in [5.74, 6) is -0.853. The van der Waals surface area contributed by atoms with Crippen LogP contribution in [0.2, 0.25) is 0 Å². The molecule has 0 saturated carbocycles. The van der Waals surface area contributed by atoms with Gasteiger partial charge in [-0.3, -0.25) is 4.79 Å². The number of hydrogen-bond acceptors (Lipinski definition) is 4. The Labute approximate surface area is 178 Å². The monoisotopic (exact) mass is 460 g/mol. The van der Waals surface area contributed by atoms with E-state index in [0.29, 0.717) is 19.4 Å². The maximum atomic E-state index is 13.1. The molecule has 1 saturated heterocycles. The molecule has 164 valence electrons. The lowest BCUT2D eigenvalue weighted by molar-refractivity contribution is -0.138. The fourth-order valence-corrected chi connectivity index (χ4v) is 6.49. The predicted octanol–water partition coefficient (Wildman–Crippen LogP) is 3.83. The number of sulfonamides is 1. The minimum Gasteiger partial charge on any atom is -0.355 e. The van der Waals surface area contributed by atoms with Crippen LogP contribution >= 0.6 is 11.3 Å². The summed E-state index contributed by atoms with van der Waals surface area (Å²) in [6, 6.07) is 8.58. The van der Waals surface area contributed by atoms with Gasteiger partial charge in [0.05, 0.1) is 11.5 Å². The number of hydrogen-bond donors (Lipinski definition) is 1. The molecule has 1 aliphatic rings. The Morgan fingerprint density at radius 3 is 2.63 bits per heavy atom. The summed E-state index contributed by atoms with van der Waals surface area (Å²) < 4.78 is 66.4. The highest BCUT2D eigenvalue weighted by Crippen LogP contribution is 2.32. The molecule has 1 atom stereocenters. The maximum absolute atomic E-state index is 13.1. The van der Waals surface area contributed by atoms with Gasteiger partial charge in [0.2, 0.25) is 5.91 Å². The quantitative estimate of drug-likeness (QED) is 0.713. The molecular weight excluding hydrogens is 437 g/mol. The van der Waals surface area contributed by atoms with Crippen LogP contribution in [0.15, 0.2) is 40.6 Å². The lowest BCUT2D eigenvalue weighted by Crippen LogP contribution is -2.45. The van der Waals surface area contributed by atoms with E-state index in [9.17, 15) is 26.4 Å². The average molecular weight is 461 g/mol. The van der Waals surface area contributed by atoms with Gasteiger partial charge in [0.25, 0.3) is 10.0 Å². The largest absolute Gasteiger partial charge is 0.416 e. The van der Waals surface area contributed by atoms with E-state index in [1.807, 2.05) is 6.92 Å². The number of thiophene rings is 1. The Bertz CT molecular complexity index is 1000. The van der Waals surface area contributed by atoms with Crippen molar-refractivity contribution in [3.63, 3.8) is 0 Å². The number of benzene rings is 1. The van der Waals surface area contributed by atoms with Crippen LogP contribution in [0.4, 0.5) is 13.2 Å². The standard InChI is InChI=1S/C20H23F3N2O3S2/c1-14-8-9-18(29-14)30(27,28)25-12-4-6-16(13-25)19(26)24-11-10-15-5-2-3-7-17(15)20(21,22)23/h2-3,5,7-9,16H,4,6,10-13H2,1H3,(H,24,26). The fourth-order valence-electron chi connectivity index (χ4n) is 3.53. The van der Waals surface area contributed by atoms with Crippen LogP contribution in [0.25, 0.3) is 0 Å². The van der Waals surface area contributed by atoms with Crippen molar-refractivity contribution in [2.45, 2.75) is 36.6 Å². The predicted molar refractivity (Wildman–Crippen MR) is 109 cm³/mol. The van der Waals surface area contributed by atoms with E-state index in [-0.39, 0.29) is 35.2 Å². The minimum atomic E-state index is -4.45. The fraction of sp³-hybridized carbons (Fsp3) is 0.450. The number of amides is 1. The molecule has 2 heterocycles. The number of piperidine rings is 1. The van der Waals surface area contributed by atoms with Crippen LogP contribution in [-0.2, 0) is 27.4 Å². The van der Waals surface area contributed by atoms with Crippen molar-refractivity contribution >= 4 is 27.3 Å². The van der Waals surface area contributed by atoms with Crippen molar-refractivity contribution < 1.29 is 26.4 Å². The molecule has 1 unspecified atom stereocenters. The van der Waals surface area contributed by atoms with Crippen molar-refractivity contribution in [1.29, 1.82) is 0 Å². The highest BCUT2D eigenvalue weighted by atomic mass is 32.2. The summed E-state index contributed by atoms with van der Waals surface area (Å²) in [7, 11) is -3.65. The third-order valence-electron chi connectivity index (χ3n) is 5.08. The molecule has 1 fully saturated rings. The van der Waals surface area contributed by atoms with Gasteiger partial charge < -0.3 is 5.32 Å². The summed E-state index contributed by atoms with van der Waals surface area (Å²) >= 11 is 1.19. The van der Waals surface area contributed by atoms with E-state index < -0.39 is 27.7 Å². The number of rotatable bonds is 6. The van der Waals surface area contributed by atoms with Gasteiger partial charge in [-0.25, -0.2) is 8.42 Å². The third kappa shape index (κ3) is 5.22. The molecule has 1 aliphatic heterocycles. The van der Waals surface area contributed by atoms with Gasteiger partial charge in [-0.2, -0.15) is 17.5 Å².